The molecule has 1 aromatic heterocycles. The Labute approximate surface area is 160 Å². The molecular weight excluding hydrogens is 375 g/mol. The number of ether oxygens (including phenoxy) is 2. The van der Waals surface area contributed by atoms with Crippen molar-refractivity contribution in [2.45, 2.75) is 44.5 Å². The maximum Gasteiger partial charge on any atom is 0.397 e. The number of fused-ring (bicyclic) bond motifs is 1. The molecule has 150 valence electrons. The number of aromatic nitrogens is 2. The third-order valence-electron chi connectivity index (χ3n) is 4.87. The van der Waals surface area contributed by atoms with E-state index in [-0.39, 0.29) is 30.6 Å². The normalized spacial score (nSPS) is 16.4. The molecule has 1 aliphatic heterocycles. The van der Waals surface area contributed by atoms with Crippen molar-refractivity contribution in [2.75, 3.05) is 13.2 Å². The Bertz CT molecular complexity index is 883. The van der Waals surface area contributed by atoms with E-state index in [4.69, 9.17) is 19.8 Å². The van der Waals surface area contributed by atoms with E-state index in [1.165, 1.54) is 24.3 Å². The summed E-state index contributed by atoms with van der Waals surface area (Å²) in [5.74, 6) is 0.433. The second-order valence-electron chi connectivity index (χ2n) is 7.08. The number of aliphatic hydroxyl groups excluding tert-OH is 1. The molecule has 0 bridgehead atoms. The molecule has 0 radical (unpaired) electrons. The van der Waals surface area contributed by atoms with Crippen molar-refractivity contribution < 1.29 is 27.8 Å². The summed E-state index contributed by atoms with van der Waals surface area (Å²) in [6.07, 6.45) is -4.40. The quantitative estimate of drug-likeness (QED) is 0.814. The predicted octanol–water partition coefficient (Wildman–Crippen LogP) is 2.97. The van der Waals surface area contributed by atoms with E-state index in [0.717, 1.165) is 13.8 Å². The minimum Gasteiger partial charge on any atom is -0.490 e. The summed E-state index contributed by atoms with van der Waals surface area (Å²) in [7, 11) is 0. The van der Waals surface area contributed by atoms with Crippen molar-refractivity contribution in [3.8, 4) is 17.8 Å². The Morgan fingerprint density at radius 3 is 2.57 bits per heavy atom. The Balaban J connectivity index is 1.62. The highest BCUT2D eigenvalue weighted by atomic mass is 19.4. The summed E-state index contributed by atoms with van der Waals surface area (Å²) in [5, 5.41) is 18.2. The zero-order valence-corrected chi connectivity index (χ0v) is 15.5. The van der Waals surface area contributed by atoms with Crippen LogP contribution in [0.15, 0.2) is 24.3 Å². The number of alkyl halides is 3. The molecule has 2 heterocycles. The molecule has 0 amide bonds. The first-order valence-electron chi connectivity index (χ1n) is 8.74. The predicted molar refractivity (Wildman–Crippen MR) is 93.2 cm³/mol. The van der Waals surface area contributed by atoms with Crippen molar-refractivity contribution in [1.29, 1.82) is 5.26 Å². The number of rotatable bonds is 6. The van der Waals surface area contributed by atoms with E-state index in [1.54, 1.807) is 4.57 Å². The van der Waals surface area contributed by atoms with Gasteiger partial charge in [0.25, 0.3) is 6.01 Å². The lowest BCUT2D eigenvalue weighted by Gasteiger charge is -2.28. The number of aliphatic hydroxyl groups is 1. The van der Waals surface area contributed by atoms with E-state index >= 15 is 0 Å². The van der Waals surface area contributed by atoms with Gasteiger partial charge in [-0.1, -0.05) is 12.1 Å². The highest BCUT2D eigenvalue weighted by Gasteiger charge is 2.48. The topological polar surface area (TPSA) is 80.3 Å². The molecule has 6 nitrogen and oxygen atoms in total. The summed E-state index contributed by atoms with van der Waals surface area (Å²) < 4.78 is 52.4. The van der Waals surface area contributed by atoms with Crippen LogP contribution in [0.25, 0.3) is 0 Å². The van der Waals surface area contributed by atoms with Crippen LogP contribution in [0.3, 0.4) is 0 Å². The second kappa shape index (κ2) is 7.36. The highest BCUT2D eigenvalue weighted by Crippen LogP contribution is 2.40. The summed E-state index contributed by atoms with van der Waals surface area (Å²) in [5.41, 5.74) is -0.952. The van der Waals surface area contributed by atoms with Crippen LogP contribution in [0, 0.1) is 11.3 Å². The third-order valence-corrected chi connectivity index (χ3v) is 4.87. The van der Waals surface area contributed by atoms with E-state index in [2.05, 4.69) is 4.98 Å². The first-order chi connectivity index (χ1) is 13.2. The first-order valence-corrected chi connectivity index (χ1v) is 8.74. The van der Waals surface area contributed by atoms with Gasteiger partial charge in [-0.25, -0.2) is 0 Å². The maximum atomic E-state index is 13.1. The fourth-order valence-corrected chi connectivity index (χ4v) is 2.99. The second-order valence-corrected chi connectivity index (χ2v) is 7.08. The number of nitrogens with zero attached hydrogens (tertiary/aromatic N) is 3. The van der Waals surface area contributed by atoms with Gasteiger partial charge in [0.05, 0.1) is 17.7 Å². The number of imidazole rings is 1. The standard InChI is InChI=1S/C19H20F3N3O3/c1-18(2,19(20,21)22)12-3-5-13(6-4-12)27-11-14-10-25-16(7-8-26)15(9-23)24-17(25)28-14/h3-6,14,26H,7-8,10-11H2,1-2H3/t14-/m0/s1. The average Bonchev–Trinajstić information content (AvgIpc) is 3.18. The van der Waals surface area contributed by atoms with E-state index in [1.807, 2.05) is 6.07 Å². The van der Waals surface area contributed by atoms with Crippen molar-refractivity contribution in [1.82, 2.24) is 9.55 Å². The lowest BCUT2D eigenvalue weighted by Crippen LogP contribution is -2.36. The van der Waals surface area contributed by atoms with E-state index in [9.17, 15) is 13.2 Å². The fraction of sp³-hybridized carbons (Fsp3) is 0.474. The molecule has 0 unspecified atom stereocenters. The zero-order valence-electron chi connectivity index (χ0n) is 15.5. The van der Waals surface area contributed by atoms with Crippen LogP contribution >= 0.6 is 0 Å². The molecule has 3 rings (SSSR count). The number of nitriles is 1. The lowest BCUT2D eigenvalue weighted by atomic mass is 9.84. The summed E-state index contributed by atoms with van der Waals surface area (Å²) >= 11 is 0. The van der Waals surface area contributed by atoms with Gasteiger partial charge in [0, 0.05) is 13.0 Å². The highest BCUT2D eigenvalue weighted by molar-refractivity contribution is 5.34. The van der Waals surface area contributed by atoms with Crippen molar-refractivity contribution in [3.63, 3.8) is 0 Å². The molecular formula is C19H20F3N3O3. The van der Waals surface area contributed by atoms with Gasteiger partial charge in [-0.3, -0.25) is 4.57 Å². The Morgan fingerprint density at radius 1 is 1.32 bits per heavy atom. The largest absolute Gasteiger partial charge is 0.490 e. The fourth-order valence-electron chi connectivity index (χ4n) is 2.99. The smallest absolute Gasteiger partial charge is 0.397 e. The molecule has 28 heavy (non-hydrogen) atoms. The van der Waals surface area contributed by atoms with Gasteiger partial charge < -0.3 is 14.6 Å². The lowest BCUT2D eigenvalue weighted by molar-refractivity contribution is -0.180. The van der Waals surface area contributed by atoms with Gasteiger partial charge >= 0.3 is 6.18 Å². The molecule has 2 aromatic rings. The van der Waals surface area contributed by atoms with Crippen molar-refractivity contribution in [3.05, 3.63) is 41.2 Å². The first kappa shape index (κ1) is 20.0. The molecule has 1 aliphatic rings. The summed E-state index contributed by atoms with van der Waals surface area (Å²) in [4.78, 5) is 4.10. The van der Waals surface area contributed by atoms with Gasteiger partial charge in [-0.15, -0.1) is 0 Å². The average molecular weight is 395 g/mol. The number of halogens is 3. The SMILES string of the molecule is CC(C)(c1ccc(OC[C@@H]2Cn3c(nc(C#N)c3CCO)O2)cc1)C(F)(F)F. The molecule has 0 saturated heterocycles. The van der Waals surface area contributed by atoms with Crippen LogP contribution in [-0.4, -0.2) is 40.2 Å². The Morgan fingerprint density at radius 2 is 2.00 bits per heavy atom. The Kier molecular flexibility index (Phi) is 5.26. The van der Waals surface area contributed by atoms with Crippen molar-refractivity contribution in [2.24, 2.45) is 0 Å². The molecule has 9 heteroatoms. The van der Waals surface area contributed by atoms with Crippen LogP contribution in [0.5, 0.6) is 11.8 Å². The minimum atomic E-state index is -4.35. The van der Waals surface area contributed by atoms with Crippen LogP contribution in [0.4, 0.5) is 13.2 Å². The third kappa shape index (κ3) is 3.64. The molecule has 0 spiro atoms. The summed E-state index contributed by atoms with van der Waals surface area (Å²) in [6, 6.07) is 8.09. The number of hydrogen-bond acceptors (Lipinski definition) is 5. The Hall–Kier alpha value is -2.73. The maximum absolute atomic E-state index is 13.1. The minimum absolute atomic E-state index is 0.110. The molecule has 1 N–H and O–H groups in total. The van der Waals surface area contributed by atoms with Gasteiger partial charge in [-0.2, -0.15) is 23.4 Å². The van der Waals surface area contributed by atoms with Gasteiger partial charge in [0.1, 0.15) is 18.4 Å². The molecule has 0 aliphatic carbocycles. The van der Waals surface area contributed by atoms with E-state index in [0.29, 0.717) is 30.4 Å². The van der Waals surface area contributed by atoms with Gasteiger partial charge in [0.15, 0.2) is 11.8 Å². The molecule has 0 saturated carbocycles. The van der Waals surface area contributed by atoms with Gasteiger partial charge in [-0.05, 0) is 31.5 Å². The van der Waals surface area contributed by atoms with Crippen LogP contribution in [-0.2, 0) is 18.4 Å². The van der Waals surface area contributed by atoms with Crippen LogP contribution < -0.4 is 9.47 Å². The number of benzene rings is 1. The van der Waals surface area contributed by atoms with E-state index < -0.39 is 11.6 Å². The molecule has 0 fully saturated rings. The monoisotopic (exact) mass is 395 g/mol. The summed E-state index contributed by atoms with van der Waals surface area (Å²) in [6.45, 7) is 2.75. The molecule has 1 aromatic carbocycles. The van der Waals surface area contributed by atoms with Crippen molar-refractivity contribution >= 4 is 0 Å². The van der Waals surface area contributed by atoms with Crippen LogP contribution in [0.2, 0.25) is 0 Å². The number of hydrogen-bond donors (Lipinski definition) is 1. The zero-order chi connectivity index (χ0) is 20.5. The molecule has 1 atom stereocenters. The van der Waals surface area contributed by atoms with Gasteiger partial charge in [0.2, 0.25) is 0 Å². The van der Waals surface area contributed by atoms with Crippen LogP contribution in [0.1, 0.15) is 30.8 Å².